The van der Waals surface area contributed by atoms with Crippen LogP contribution in [-0.2, 0) is 18.3 Å². The molecule has 0 amide bonds. The van der Waals surface area contributed by atoms with Gasteiger partial charge in [0, 0.05) is 35.1 Å². The standard InChI is InChI=1S/C14H16ClNO2/c1-9-11(4-3-5-14(17)18)12-7-6-10(15)8-13(12)16(9)2/h6-8H,3-5H2,1-2H3,(H,17,18). The van der Waals surface area contributed by atoms with E-state index in [2.05, 4.69) is 11.5 Å². The molecule has 0 unspecified atom stereocenters. The molecule has 0 aliphatic rings. The summed E-state index contributed by atoms with van der Waals surface area (Å²) in [5, 5.41) is 10.6. The van der Waals surface area contributed by atoms with Crippen LogP contribution >= 0.6 is 11.6 Å². The van der Waals surface area contributed by atoms with Crippen LogP contribution in [0.15, 0.2) is 18.2 Å². The number of fused-ring (bicyclic) bond motifs is 1. The molecule has 0 spiro atoms. The lowest BCUT2D eigenvalue weighted by molar-refractivity contribution is -0.137. The smallest absolute Gasteiger partial charge is 0.303 e. The van der Waals surface area contributed by atoms with Gasteiger partial charge < -0.3 is 9.67 Å². The number of halogens is 1. The number of hydrogen-bond acceptors (Lipinski definition) is 1. The Morgan fingerprint density at radius 2 is 2.17 bits per heavy atom. The maximum absolute atomic E-state index is 10.6. The molecular weight excluding hydrogens is 250 g/mol. The van der Waals surface area contributed by atoms with Crippen molar-refractivity contribution in [3.8, 4) is 0 Å². The number of benzene rings is 1. The minimum Gasteiger partial charge on any atom is -0.481 e. The molecule has 2 aromatic rings. The molecule has 4 heteroatoms. The van der Waals surface area contributed by atoms with E-state index in [4.69, 9.17) is 16.7 Å². The predicted octanol–water partition coefficient (Wildman–Crippen LogP) is 3.55. The molecule has 3 nitrogen and oxygen atoms in total. The summed E-state index contributed by atoms with van der Waals surface area (Å²) in [6.07, 6.45) is 1.67. The number of rotatable bonds is 4. The summed E-state index contributed by atoms with van der Waals surface area (Å²) in [5.41, 5.74) is 3.51. The van der Waals surface area contributed by atoms with Crippen molar-refractivity contribution in [1.29, 1.82) is 0 Å². The van der Waals surface area contributed by atoms with Crippen molar-refractivity contribution in [2.45, 2.75) is 26.2 Å². The number of carboxylic acid groups (broad SMARTS) is 1. The van der Waals surface area contributed by atoms with Crippen LogP contribution in [0, 0.1) is 6.92 Å². The average molecular weight is 266 g/mol. The first-order valence-corrected chi connectivity index (χ1v) is 6.33. The highest BCUT2D eigenvalue weighted by Crippen LogP contribution is 2.28. The zero-order valence-corrected chi connectivity index (χ0v) is 11.3. The van der Waals surface area contributed by atoms with Crippen molar-refractivity contribution in [3.05, 3.63) is 34.5 Å². The third-order valence-corrected chi connectivity index (χ3v) is 3.64. The van der Waals surface area contributed by atoms with Crippen LogP contribution in [0.3, 0.4) is 0 Å². The molecule has 0 saturated carbocycles. The van der Waals surface area contributed by atoms with Gasteiger partial charge in [-0.05, 0) is 37.5 Å². The fourth-order valence-electron chi connectivity index (χ4n) is 2.35. The van der Waals surface area contributed by atoms with E-state index < -0.39 is 5.97 Å². The Labute approximate surface area is 111 Å². The van der Waals surface area contributed by atoms with Crippen LogP contribution in [0.4, 0.5) is 0 Å². The Bertz CT molecular complexity index is 601. The number of nitrogens with zero attached hydrogens (tertiary/aromatic N) is 1. The van der Waals surface area contributed by atoms with Gasteiger partial charge in [-0.25, -0.2) is 0 Å². The second-order valence-corrected chi connectivity index (χ2v) is 4.97. The number of carbonyl (C=O) groups is 1. The predicted molar refractivity (Wildman–Crippen MR) is 73.2 cm³/mol. The number of carboxylic acids is 1. The van der Waals surface area contributed by atoms with Gasteiger partial charge in [-0.15, -0.1) is 0 Å². The number of aromatic nitrogens is 1. The van der Waals surface area contributed by atoms with Crippen LogP contribution in [0.25, 0.3) is 10.9 Å². The molecule has 0 atom stereocenters. The molecule has 1 heterocycles. The van der Waals surface area contributed by atoms with E-state index in [0.29, 0.717) is 6.42 Å². The Balaban J connectivity index is 2.38. The largest absolute Gasteiger partial charge is 0.481 e. The number of aliphatic carboxylic acids is 1. The highest BCUT2D eigenvalue weighted by Gasteiger charge is 2.12. The fourth-order valence-corrected chi connectivity index (χ4v) is 2.51. The van der Waals surface area contributed by atoms with Crippen LogP contribution < -0.4 is 0 Å². The third kappa shape index (κ3) is 2.36. The van der Waals surface area contributed by atoms with Gasteiger partial charge in [-0.3, -0.25) is 4.79 Å². The lowest BCUT2D eigenvalue weighted by Gasteiger charge is -2.01. The van der Waals surface area contributed by atoms with E-state index >= 15 is 0 Å². The molecule has 0 aliphatic heterocycles. The molecule has 1 N–H and O–H groups in total. The van der Waals surface area contributed by atoms with Crippen molar-refractivity contribution >= 4 is 28.5 Å². The molecule has 2 rings (SSSR count). The van der Waals surface area contributed by atoms with Gasteiger partial charge in [0.1, 0.15) is 0 Å². The quantitative estimate of drug-likeness (QED) is 0.919. The second-order valence-electron chi connectivity index (χ2n) is 4.53. The van der Waals surface area contributed by atoms with Crippen LogP contribution in [0.2, 0.25) is 5.02 Å². The topological polar surface area (TPSA) is 42.2 Å². The Morgan fingerprint density at radius 1 is 1.44 bits per heavy atom. The molecule has 18 heavy (non-hydrogen) atoms. The first-order chi connectivity index (χ1) is 8.50. The highest BCUT2D eigenvalue weighted by atomic mass is 35.5. The summed E-state index contributed by atoms with van der Waals surface area (Å²) in [5.74, 6) is -0.740. The lowest BCUT2D eigenvalue weighted by Crippen LogP contribution is -1.97. The van der Waals surface area contributed by atoms with Gasteiger partial charge in [-0.2, -0.15) is 0 Å². The third-order valence-electron chi connectivity index (χ3n) is 3.40. The van der Waals surface area contributed by atoms with E-state index in [1.807, 2.05) is 25.2 Å². The normalized spacial score (nSPS) is 11.1. The summed E-state index contributed by atoms with van der Waals surface area (Å²) in [4.78, 5) is 10.6. The van der Waals surface area contributed by atoms with Crippen molar-refractivity contribution in [2.75, 3.05) is 0 Å². The van der Waals surface area contributed by atoms with Gasteiger partial charge in [-0.1, -0.05) is 17.7 Å². The SMILES string of the molecule is Cc1c(CCCC(=O)O)c2ccc(Cl)cc2n1C. The molecule has 0 fully saturated rings. The monoisotopic (exact) mass is 265 g/mol. The van der Waals surface area contributed by atoms with Gasteiger partial charge in [0.2, 0.25) is 0 Å². The molecule has 96 valence electrons. The van der Waals surface area contributed by atoms with Gasteiger partial charge in [0.25, 0.3) is 0 Å². The molecular formula is C14H16ClNO2. The van der Waals surface area contributed by atoms with E-state index in [0.717, 1.165) is 17.0 Å². The zero-order valence-electron chi connectivity index (χ0n) is 10.5. The molecule has 1 aromatic carbocycles. The summed E-state index contributed by atoms with van der Waals surface area (Å²) in [6, 6.07) is 5.84. The van der Waals surface area contributed by atoms with E-state index in [-0.39, 0.29) is 6.42 Å². The number of aryl methyl sites for hydroxylation is 2. The van der Waals surface area contributed by atoms with Gasteiger partial charge in [0.05, 0.1) is 0 Å². The van der Waals surface area contributed by atoms with Crippen LogP contribution in [0.5, 0.6) is 0 Å². The molecule has 1 aromatic heterocycles. The lowest BCUT2D eigenvalue weighted by atomic mass is 10.0. The Kier molecular flexibility index (Phi) is 3.62. The number of hydrogen-bond donors (Lipinski definition) is 1. The van der Waals surface area contributed by atoms with E-state index in [1.54, 1.807) is 0 Å². The van der Waals surface area contributed by atoms with Crippen molar-refractivity contribution in [1.82, 2.24) is 4.57 Å². The van der Waals surface area contributed by atoms with Gasteiger partial charge >= 0.3 is 5.97 Å². The second kappa shape index (κ2) is 5.02. The van der Waals surface area contributed by atoms with Gasteiger partial charge in [0.15, 0.2) is 0 Å². The molecule has 0 saturated heterocycles. The molecule has 0 radical (unpaired) electrons. The fraction of sp³-hybridized carbons (Fsp3) is 0.357. The zero-order chi connectivity index (χ0) is 13.3. The molecule has 0 aliphatic carbocycles. The summed E-state index contributed by atoms with van der Waals surface area (Å²) in [6.45, 7) is 2.06. The summed E-state index contributed by atoms with van der Waals surface area (Å²) in [7, 11) is 2.01. The maximum Gasteiger partial charge on any atom is 0.303 e. The Hall–Kier alpha value is -1.48. The molecule has 0 bridgehead atoms. The highest BCUT2D eigenvalue weighted by molar-refractivity contribution is 6.31. The summed E-state index contributed by atoms with van der Waals surface area (Å²) < 4.78 is 2.11. The first kappa shape index (κ1) is 13.0. The minimum atomic E-state index is -0.740. The van der Waals surface area contributed by atoms with Crippen molar-refractivity contribution < 1.29 is 9.90 Å². The van der Waals surface area contributed by atoms with Crippen molar-refractivity contribution in [2.24, 2.45) is 7.05 Å². The summed E-state index contributed by atoms with van der Waals surface area (Å²) >= 11 is 6.01. The van der Waals surface area contributed by atoms with Crippen molar-refractivity contribution in [3.63, 3.8) is 0 Å². The first-order valence-electron chi connectivity index (χ1n) is 5.96. The average Bonchev–Trinajstić information content (AvgIpc) is 2.54. The Morgan fingerprint density at radius 3 is 2.83 bits per heavy atom. The minimum absolute atomic E-state index is 0.212. The van der Waals surface area contributed by atoms with Crippen LogP contribution in [-0.4, -0.2) is 15.6 Å². The van der Waals surface area contributed by atoms with E-state index in [1.165, 1.54) is 16.6 Å². The van der Waals surface area contributed by atoms with Crippen LogP contribution in [0.1, 0.15) is 24.1 Å². The maximum atomic E-state index is 10.6. The van der Waals surface area contributed by atoms with E-state index in [9.17, 15) is 4.79 Å².